The molecule has 2 aromatic carbocycles. The van der Waals surface area contributed by atoms with Gasteiger partial charge in [0.15, 0.2) is 23.9 Å². The maximum absolute atomic E-state index is 13.5. The number of halogens is 1. The van der Waals surface area contributed by atoms with E-state index in [1.807, 2.05) is 0 Å². The summed E-state index contributed by atoms with van der Waals surface area (Å²) in [6.07, 6.45) is 0. The number of carbonyl (C=O) groups excluding carboxylic acids is 1. The number of hydrogen-bond donors (Lipinski definition) is 0. The second-order valence-corrected chi connectivity index (χ2v) is 4.64. The maximum Gasteiger partial charge on any atom is 0.344 e. The average molecular weight is 335 g/mol. The first-order valence-corrected chi connectivity index (χ1v) is 6.85. The number of nitrogens with zero attached hydrogens (tertiary/aromatic N) is 1. The molecule has 0 aliphatic carbocycles. The lowest BCUT2D eigenvalue weighted by atomic mass is 10.2. The number of benzene rings is 2. The first-order valence-electron chi connectivity index (χ1n) is 6.85. The molecule has 0 saturated heterocycles. The minimum Gasteiger partial charge on any atom is -0.494 e. The SMILES string of the molecule is COc1ccc(COC(=O)COc2ccccc2[N+](=O)[O-])cc1F. The predicted molar refractivity (Wildman–Crippen MR) is 81.3 cm³/mol. The van der Waals surface area contributed by atoms with Crippen molar-refractivity contribution in [2.75, 3.05) is 13.7 Å². The van der Waals surface area contributed by atoms with Crippen LogP contribution in [0.25, 0.3) is 0 Å². The van der Waals surface area contributed by atoms with Crippen LogP contribution in [0.4, 0.5) is 10.1 Å². The van der Waals surface area contributed by atoms with E-state index < -0.39 is 23.3 Å². The highest BCUT2D eigenvalue weighted by molar-refractivity contribution is 5.71. The van der Waals surface area contributed by atoms with Crippen molar-refractivity contribution in [2.45, 2.75) is 6.61 Å². The zero-order valence-electron chi connectivity index (χ0n) is 12.7. The lowest BCUT2D eigenvalue weighted by molar-refractivity contribution is -0.385. The van der Waals surface area contributed by atoms with Crippen LogP contribution in [0.2, 0.25) is 0 Å². The molecule has 126 valence electrons. The Morgan fingerprint density at radius 3 is 2.62 bits per heavy atom. The summed E-state index contributed by atoms with van der Waals surface area (Å²) in [4.78, 5) is 21.9. The fraction of sp³-hybridized carbons (Fsp3) is 0.188. The molecule has 0 aliphatic heterocycles. The molecule has 0 bridgehead atoms. The quantitative estimate of drug-likeness (QED) is 0.439. The third kappa shape index (κ3) is 4.42. The Bertz CT molecular complexity index is 749. The van der Waals surface area contributed by atoms with Gasteiger partial charge in [-0.05, 0) is 23.8 Å². The summed E-state index contributed by atoms with van der Waals surface area (Å²) in [5.74, 6) is -1.24. The molecule has 0 saturated carbocycles. The summed E-state index contributed by atoms with van der Waals surface area (Å²) < 4.78 is 28.3. The van der Waals surface area contributed by atoms with Crippen LogP contribution in [0.5, 0.6) is 11.5 Å². The van der Waals surface area contributed by atoms with Gasteiger partial charge in [0, 0.05) is 6.07 Å². The van der Waals surface area contributed by atoms with E-state index in [2.05, 4.69) is 0 Å². The van der Waals surface area contributed by atoms with Gasteiger partial charge in [0.2, 0.25) is 0 Å². The number of methoxy groups -OCH3 is 1. The highest BCUT2D eigenvalue weighted by Crippen LogP contribution is 2.25. The average Bonchev–Trinajstić information content (AvgIpc) is 2.58. The number of carbonyl (C=O) groups is 1. The Hall–Kier alpha value is -3.16. The standard InChI is InChI=1S/C16H14FNO6/c1-22-14-7-6-11(8-12(14)17)9-24-16(19)10-23-15-5-3-2-4-13(15)18(20)21/h2-8H,9-10H2,1H3. The van der Waals surface area contributed by atoms with Crippen molar-refractivity contribution in [3.05, 3.63) is 64.0 Å². The Balaban J connectivity index is 1.88. The van der Waals surface area contributed by atoms with Gasteiger partial charge in [-0.3, -0.25) is 10.1 Å². The molecule has 0 aliphatic rings. The van der Waals surface area contributed by atoms with Crippen molar-refractivity contribution < 1.29 is 28.3 Å². The lowest BCUT2D eigenvalue weighted by Crippen LogP contribution is -2.15. The number of rotatable bonds is 7. The van der Waals surface area contributed by atoms with Crippen molar-refractivity contribution in [1.29, 1.82) is 0 Å². The van der Waals surface area contributed by atoms with E-state index in [1.54, 1.807) is 12.1 Å². The van der Waals surface area contributed by atoms with Crippen molar-refractivity contribution in [2.24, 2.45) is 0 Å². The largest absolute Gasteiger partial charge is 0.494 e. The smallest absolute Gasteiger partial charge is 0.344 e. The van der Waals surface area contributed by atoms with Crippen LogP contribution in [0.3, 0.4) is 0 Å². The van der Waals surface area contributed by atoms with Gasteiger partial charge in [0.25, 0.3) is 0 Å². The molecule has 0 radical (unpaired) electrons. The molecule has 0 fully saturated rings. The molecule has 0 N–H and O–H groups in total. The highest BCUT2D eigenvalue weighted by atomic mass is 19.1. The molecule has 0 heterocycles. The van der Waals surface area contributed by atoms with E-state index in [4.69, 9.17) is 14.2 Å². The van der Waals surface area contributed by atoms with E-state index in [1.165, 1.54) is 37.4 Å². The predicted octanol–water partition coefficient (Wildman–Crippen LogP) is 2.86. The molecule has 2 rings (SSSR count). The van der Waals surface area contributed by atoms with E-state index >= 15 is 0 Å². The number of nitro groups is 1. The third-order valence-electron chi connectivity index (χ3n) is 3.02. The van der Waals surface area contributed by atoms with Crippen molar-refractivity contribution in [3.63, 3.8) is 0 Å². The zero-order valence-corrected chi connectivity index (χ0v) is 12.7. The summed E-state index contributed by atoms with van der Waals surface area (Å²) in [5, 5.41) is 10.8. The van der Waals surface area contributed by atoms with Crippen LogP contribution >= 0.6 is 0 Å². The van der Waals surface area contributed by atoms with Gasteiger partial charge in [-0.1, -0.05) is 18.2 Å². The van der Waals surface area contributed by atoms with E-state index in [0.29, 0.717) is 5.56 Å². The second kappa shape index (κ2) is 7.91. The normalized spacial score (nSPS) is 10.1. The summed E-state index contributed by atoms with van der Waals surface area (Å²) in [6.45, 7) is -0.649. The maximum atomic E-state index is 13.5. The Morgan fingerprint density at radius 1 is 1.21 bits per heavy atom. The zero-order chi connectivity index (χ0) is 17.5. The van der Waals surface area contributed by atoms with Crippen LogP contribution in [0.15, 0.2) is 42.5 Å². The molecule has 0 amide bonds. The summed E-state index contributed by atoms with van der Waals surface area (Å²) in [5.41, 5.74) is 0.190. The molecule has 7 nitrogen and oxygen atoms in total. The molecule has 0 atom stereocenters. The summed E-state index contributed by atoms with van der Waals surface area (Å²) in [7, 11) is 1.35. The number of nitro benzene ring substituents is 1. The first kappa shape index (κ1) is 17.2. The van der Waals surface area contributed by atoms with E-state index in [9.17, 15) is 19.3 Å². The highest BCUT2D eigenvalue weighted by Gasteiger charge is 2.15. The number of esters is 1. The van der Waals surface area contributed by atoms with Gasteiger partial charge in [-0.15, -0.1) is 0 Å². The van der Waals surface area contributed by atoms with Gasteiger partial charge in [0.1, 0.15) is 6.61 Å². The summed E-state index contributed by atoms with van der Waals surface area (Å²) >= 11 is 0. The van der Waals surface area contributed by atoms with Gasteiger partial charge in [-0.2, -0.15) is 0 Å². The van der Waals surface area contributed by atoms with Crippen LogP contribution in [0.1, 0.15) is 5.56 Å². The second-order valence-electron chi connectivity index (χ2n) is 4.64. The Labute approximate surface area is 136 Å². The number of hydrogen-bond acceptors (Lipinski definition) is 6. The van der Waals surface area contributed by atoms with Crippen LogP contribution in [-0.2, 0) is 16.1 Å². The van der Waals surface area contributed by atoms with Crippen molar-refractivity contribution in [3.8, 4) is 11.5 Å². The first-order chi connectivity index (χ1) is 11.5. The fourth-order valence-electron chi connectivity index (χ4n) is 1.87. The topological polar surface area (TPSA) is 87.9 Å². The number of ether oxygens (including phenoxy) is 3. The third-order valence-corrected chi connectivity index (χ3v) is 3.02. The molecular formula is C16H14FNO6. The fourth-order valence-corrected chi connectivity index (χ4v) is 1.87. The van der Waals surface area contributed by atoms with Crippen LogP contribution in [-0.4, -0.2) is 24.6 Å². The van der Waals surface area contributed by atoms with Crippen LogP contribution < -0.4 is 9.47 Å². The van der Waals surface area contributed by atoms with E-state index in [0.717, 1.165) is 0 Å². The lowest BCUT2D eigenvalue weighted by Gasteiger charge is -2.08. The van der Waals surface area contributed by atoms with Gasteiger partial charge in [0.05, 0.1) is 12.0 Å². The summed E-state index contributed by atoms with van der Waals surface area (Å²) in [6, 6.07) is 9.84. The van der Waals surface area contributed by atoms with Gasteiger partial charge >= 0.3 is 11.7 Å². The molecule has 0 spiro atoms. The molecule has 2 aromatic rings. The molecule has 24 heavy (non-hydrogen) atoms. The van der Waals surface area contributed by atoms with Crippen molar-refractivity contribution >= 4 is 11.7 Å². The van der Waals surface area contributed by atoms with Crippen molar-refractivity contribution in [1.82, 2.24) is 0 Å². The Morgan fingerprint density at radius 2 is 1.96 bits per heavy atom. The van der Waals surface area contributed by atoms with Gasteiger partial charge < -0.3 is 14.2 Å². The van der Waals surface area contributed by atoms with Gasteiger partial charge in [-0.25, -0.2) is 9.18 Å². The Kier molecular flexibility index (Phi) is 5.67. The molecule has 0 unspecified atom stereocenters. The minimum absolute atomic E-state index is 0.0325. The minimum atomic E-state index is -0.732. The monoisotopic (exact) mass is 335 g/mol. The molecule has 8 heteroatoms. The van der Waals surface area contributed by atoms with Crippen LogP contribution in [0, 0.1) is 15.9 Å². The molecular weight excluding hydrogens is 321 g/mol. The van der Waals surface area contributed by atoms with E-state index in [-0.39, 0.29) is 23.8 Å². The number of para-hydroxylation sites is 2. The molecule has 0 aromatic heterocycles.